The molecule has 4 nitrogen and oxygen atoms in total. The Balaban J connectivity index is 2.03. The van der Waals surface area contributed by atoms with Crippen molar-refractivity contribution in [2.45, 2.75) is 45.2 Å². The van der Waals surface area contributed by atoms with Crippen LogP contribution in [0.15, 0.2) is 6.20 Å². The Morgan fingerprint density at radius 1 is 1.65 bits per heavy atom. The minimum Gasteiger partial charge on any atom is -0.353 e. The summed E-state index contributed by atoms with van der Waals surface area (Å²) in [6.07, 6.45) is 7.26. The quantitative estimate of drug-likeness (QED) is 0.846. The predicted octanol–water partition coefficient (Wildman–Crippen LogP) is 2.10. The van der Waals surface area contributed by atoms with Crippen LogP contribution in [0.25, 0.3) is 0 Å². The molecule has 1 aliphatic rings. The molecule has 2 unspecified atom stereocenters. The Bertz CT molecular complexity index is 412. The van der Waals surface area contributed by atoms with Gasteiger partial charge in [0, 0.05) is 41.1 Å². The van der Waals surface area contributed by atoms with Crippen molar-refractivity contribution in [1.29, 1.82) is 0 Å². The third-order valence-electron chi connectivity index (χ3n) is 3.06. The molecule has 17 heavy (non-hydrogen) atoms. The van der Waals surface area contributed by atoms with Gasteiger partial charge < -0.3 is 9.88 Å². The van der Waals surface area contributed by atoms with Gasteiger partial charge in [-0.15, -0.1) is 0 Å². The average molecular weight is 255 g/mol. The van der Waals surface area contributed by atoms with Crippen LogP contribution in [0.4, 0.5) is 5.95 Å². The largest absolute Gasteiger partial charge is 0.353 e. The summed E-state index contributed by atoms with van der Waals surface area (Å²) in [5.74, 6) is 1.72. The summed E-state index contributed by atoms with van der Waals surface area (Å²) < 4.78 is 13.3. The number of nitrogens with zero attached hydrogens (tertiary/aromatic N) is 2. The highest BCUT2D eigenvalue weighted by Gasteiger charge is 2.23. The van der Waals surface area contributed by atoms with Crippen LogP contribution in [-0.2, 0) is 10.8 Å². The second-order valence-corrected chi connectivity index (χ2v) is 6.50. The van der Waals surface area contributed by atoms with Crippen molar-refractivity contribution in [3.05, 3.63) is 11.9 Å². The van der Waals surface area contributed by atoms with Gasteiger partial charge in [-0.1, -0.05) is 0 Å². The maximum atomic E-state index is 11.1. The van der Waals surface area contributed by atoms with Gasteiger partial charge in [0.2, 0.25) is 5.95 Å². The average Bonchev–Trinajstić information content (AvgIpc) is 2.98. The molecule has 1 aromatic rings. The van der Waals surface area contributed by atoms with Crippen molar-refractivity contribution in [2.24, 2.45) is 0 Å². The maximum absolute atomic E-state index is 11.1. The van der Waals surface area contributed by atoms with E-state index >= 15 is 0 Å². The fourth-order valence-corrected chi connectivity index (χ4v) is 2.52. The van der Waals surface area contributed by atoms with Gasteiger partial charge >= 0.3 is 0 Å². The smallest absolute Gasteiger partial charge is 0.203 e. The van der Waals surface area contributed by atoms with E-state index in [0.717, 1.165) is 23.8 Å². The van der Waals surface area contributed by atoms with Crippen molar-refractivity contribution in [3.8, 4) is 0 Å². The molecule has 0 saturated heterocycles. The fraction of sp³-hybridized carbons (Fsp3) is 0.750. The van der Waals surface area contributed by atoms with E-state index in [4.69, 9.17) is 0 Å². The number of hydrogen-bond donors (Lipinski definition) is 1. The molecule has 1 fully saturated rings. The van der Waals surface area contributed by atoms with Gasteiger partial charge in [0.05, 0.1) is 5.69 Å². The number of aromatic nitrogens is 2. The van der Waals surface area contributed by atoms with E-state index in [2.05, 4.69) is 28.0 Å². The van der Waals surface area contributed by atoms with Crippen LogP contribution in [0.5, 0.6) is 0 Å². The summed E-state index contributed by atoms with van der Waals surface area (Å²) in [6, 6.07) is 0.962. The van der Waals surface area contributed by atoms with E-state index in [1.807, 2.05) is 6.92 Å². The molecule has 0 bridgehead atoms. The Morgan fingerprint density at radius 3 is 2.94 bits per heavy atom. The zero-order valence-corrected chi connectivity index (χ0v) is 11.6. The predicted molar refractivity (Wildman–Crippen MR) is 71.9 cm³/mol. The lowest BCUT2D eigenvalue weighted by Crippen LogP contribution is -2.13. The maximum Gasteiger partial charge on any atom is 0.203 e. The van der Waals surface area contributed by atoms with Crippen LogP contribution in [0.1, 0.15) is 37.9 Å². The molecule has 1 aliphatic carbocycles. The first kappa shape index (κ1) is 12.6. The number of nitrogens with one attached hydrogen (secondary N) is 1. The molecule has 5 heteroatoms. The highest BCUT2D eigenvalue weighted by molar-refractivity contribution is 7.84. The molecule has 1 heterocycles. The Morgan fingerprint density at radius 2 is 2.35 bits per heavy atom. The van der Waals surface area contributed by atoms with E-state index in [1.165, 1.54) is 12.8 Å². The molecule has 1 saturated carbocycles. The lowest BCUT2D eigenvalue weighted by molar-refractivity contribution is 0.535. The molecule has 2 rings (SSSR count). The van der Waals surface area contributed by atoms with Crippen molar-refractivity contribution < 1.29 is 4.21 Å². The lowest BCUT2D eigenvalue weighted by atomic mass is 10.2. The highest BCUT2D eigenvalue weighted by atomic mass is 32.2. The van der Waals surface area contributed by atoms with Gasteiger partial charge in [0.1, 0.15) is 0 Å². The van der Waals surface area contributed by atoms with Gasteiger partial charge in [-0.25, -0.2) is 4.98 Å². The van der Waals surface area contributed by atoms with E-state index in [0.29, 0.717) is 12.1 Å². The number of imidazole rings is 1. The molecule has 1 N–H and O–H groups in total. The summed E-state index contributed by atoms with van der Waals surface area (Å²) in [4.78, 5) is 4.51. The Labute approximate surface area is 105 Å². The van der Waals surface area contributed by atoms with Gasteiger partial charge in [-0.05, 0) is 33.1 Å². The summed E-state index contributed by atoms with van der Waals surface area (Å²) in [5, 5.41) is 3.45. The normalized spacial score (nSPS) is 19.0. The minimum atomic E-state index is -0.712. The van der Waals surface area contributed by atoms with Crippen molar-refractivity contribution >= 4 is 16.7 Å². The summed E-state index contributed by atoms with van der Waals surface area (Å²) in [6.45, 7) is 4.17. The monoisotopic (exact) mass is 255 g/mol. The first-order chi connectivity index (χ1) is 8.06. The Hall–Kier alpha value is -0.840. The number of anilines is 1. The molecule has 0 spiro atoms. The highest BCUT2D eigenvalue weighted by Crippen LogP contribution is 2.26. The zero-order valence-electron chi connectivity index (χ0n) is 10.8. The summed E-state index contributed by atoms with van der Waals surface area (Å²) >= 11 is 0. The standard InChI is InChI=1S/C12H21N3OS/c1-9-8-15(10(2)6-7-17(3)16)12(13-9)14-11-4-5-11/h8,10-11H,4-7H2,1-3H3,(H,13,14). The molecule has 0 radical (unpaired) electrons. The van der Waals surface area contributed by atoms with Crippen molar-refractivity contribution in [2.75, 3.05) is 17.3 Å². The number of aryl methyl sites for hydroxylation is 1. The SMILES string of the molecule is Cc1cn(C(C)CCS(C)=O)c(NC2CC2)n1. The molecule has 2 atom stereocenters. The topological polar surface area (TPSA) is 46.9 Å². The second kappa shape index (κ2) is 5.21. The van der Waals surface area contributed by atoms with Gasteiger partial charge in [0.15, 0.2) is 0 Å². The molecule has 1 aromatic heterocycles. The van der Waals surface area contributed by atoms with Crippen molar-refractivity contribution in [1.82, 2.24) is 9.55 Å². The van der Waals surface area contributed by atoms with E-state index in [1.54, 1.807) is 6.26 Å². The van der Waals surface area contributed by atoms with E-state index < -0.39 is 10.8 Å². The molecule has 0 amide bonds. The fourth-order valence-electron chi connectivity index (χ4n) is 1.84. The molecular weight excluding hydrogens is 234 g/mol. The van der Waals surface area contributed by atoms with Crippen LogP contribution in [0.3, 0.4) is 0 Å². The Kier molecular flexibility index (Phi) is 3.86. The summed E-state index contributed by atoms with van der Waals surface area (Å²) in [7, 11) is -0.712. The van der Waals surface area contributed by atoms with Crippen LogP contribution in [0.2, 0.25) is 0 Å². The third kappa shape index (κ3) is 3.56. The van der Waals surface area contributed by atoms with E-state index in [9.17, 15) is 4.21 Å². The number of hydrogen-bond acceptors (Lipinski definition) is 3. The summed E-state index contributed by atoms with van der Waals surface area (Å²) in [5.41, 5.74) is 1.04. The lowest BCUT2D eigenvalue weighted by Gasteiger charge is -2.16. The molecule has 0 aromatic carbocycles. The third-order valence-corrected chi connectivity index (χ3v) is 3.87. The van der Waals surface area contributed by atoms with Gasteiger partial charge in [-0.3, -0.25) is 4.21 Å². The molecule has 96 valence electrons. The van der Waals surface area contributed by atoms with Gasteiger partial charge in [0.25, 0.3) is 0 Å². The first-order valence-electron chi connectivity index (χ1n) is 6.18. The number of rotatable bonds is 6. The zero-order chi connectivity index (χ0) is 12.4. The van der Waals surface area contributed by atoms with Crippen molar-refractivity contribution in [3.63, 3.8) is 0 Å². The molecular formula is C12H21N3OS. The van der Waals surface area contributed by atoms with Crippen LogP contribution in [-0.4, -0.2) is 31.8 Å². The van der Waals surface area contributed by atoms with Crippen LogP contribution >= 0.6 is 0 Å². The van der Waals surface area contributed by atoms with Crippen LogP contribution < -0.4 is 5.32 Å². The van der Waals surface area contributed by atoms with E-state index in [-0.39, 0.29) is 0 Å². The first-order valence-corrected chi connectivity index (χ1v) is 7.91. The second-order valence-electron chi connectivity index (χ2n) is 4.95. The van der Waals surface area contributed by atoms with Crippen LogP contribution in [0, 0.1) is 6.92 Å². The minimum absolute atomic E-state index is 0.348. The van der Waals surface area contributed by atoms with Gasteiger partial charge in [-0.2, -0.15) is 0 Å². The molecule has 0 aliphatic heterocycles.